The first-order valence-corrected chi connectivity index (χ1v) is 5.47. The number of carbonyl (C=O) groups is 2. The zero-order valence-electron chi connectivity index (χ0n) is 10.3. The van der Waals surface area contributed by atoms with Crippen molar-refractivity contribution >= 4 is 11.9 Å². The standard InChI is InChI=1S/C13H14N2O3/c1-9-4-3-5-11(6-9)13(17)15-8-12(16)18-10(2)7-14/h3-6,10H,8H2,1-2H3,(H,15,17)/t10-/m0/s1. The molecule has 0 aliphatic carbocycles. The van der Waals surface area contributed by atoms with Gasteiger partial charge in [-0.15, -0.1) is 0 Å². The molecule has 94 valence electrons. The molecule has 0 spiro atoms. The molecule has 1 rings (SSSR count). The molecule has 0 radical (unpaired) electrons. The predicted molar refractivity (Wildman–Crippen MR) is 64.7 cm³/mol. The maximum Gasteiger partial charge on any atom is 0.326 e. The van der Waals surface area contributed by atoms with Crippen molar-refractivity contribution in [2.45, 2.75) is 20.0 Å². The second-order valence-corrected chi connectivity index (χ2v) is 3.81. The minimum atomic E-state index is -0.812. The maximum atomic E-state index is 11.7. The Morgan fingerprint density at radius 1 is 1.50 bits per heavy atom. The van der Waals surface area contributed by atoms with Crippen LogP contribution in [-0.4, -0.2) is 24.5 Å². The van der Waals surface area contributed by atoms with Crippen molar-refractivity contribution in [2.75, 3.05) is 6.54 Å². The molecule has 5 nitrogen and oxygen atoms in total. The number of ether oxygens (including phenoxy) is 1. The number of rotatable bonds is 4. The molecule has 0 bridgehead atoms. The van der Waals surface area contributed by atoms with Gasteiger partial charge in [0.05, 0.1) is 0 Å². The lowest BCUT2D eigenvalue weighted by atomic mass is 10.1. The van der Waals surface area contributed by atoms with Crippen LogP contribution in [0.2, 0.25) is 0 Å². The van der Waals surface area contributed by atoms with Crippen LogP contribution >= 0.6 is 0 Å². The highest BCUT2D eigenvalue weighted by atomic mass is 16.5. The van der Waals surface area contributed by atoms with Crippen molar-refractivity contribution < 1.29 is 14.3 Å². The number of hydrogen-bond donors (Lipinski definition) is 1. The Kier molecular flexibility index (Phi) is 4.88. The van der Waals surface area contributed by atoms with Gasteiger partial charge in [-0.25, -0.2) is 0 Å². The molecule has 0 unspecified atom stereocenters. The van der Waals surface area contributed by atoms with Crippen molar-refractivity contribution in [3.05, 3.63) is 35.4 Å². The van der Waals surface area contributed by atoms with Gasteiger partial charge < -0.3 is 10.1 Å². The van der Waals surface area contributed by atoms with E-state index in [4.69, 9.17) is 10.00 Å². The number of benzene rings is 1. The zero-order valence-corrected chi connectivity index (χ0v) is 10.3. The van der Waals surface area contributed by atoms with Crippen LogP contribution < -0.4 is 5.32 Å². The van der Waals surface area contributed by atoms with Crippen LogP contribution in [0.5, 0.6) is 0 Å². The van der Waals surface area contributed by atoms with Crippen molar-refractivity contribution in [2.24, 2.45) is 0 Å². The Hall–Kier alpha value is -2.35. The smallest absolute Gasteiger partial charge is 0.326 e. The van der Waals surface area contributed by atoms with Gasteiger partial charge in [0.1, 0.15) is 12.6 Å². The van der Waals surface area contributed by atoms with Gasteiger partial charge in [-0.3, -0.25) is 9.59 Å². The van der Waals surface area contributed by atoms with Gasteiger partial charge in [0.2, 0.25) is 0 Å². The summed E-state index contributed by atoms with van der Waals surface area (Å²) >= 11 is 0. The summed E-state index contributed by atoms with van der Waals surface area (Å²) in [5.41, 5.74) is 1.44. The second kappa shape index (κ2) is 6.40. The minimum absolute atomic E-state index is 0.251. The minimum Gasteiger partial charge on any atom is -0.446 e. The summed E-state index contributed by atoms with van der Waals surface area (Å²) < 4.78 is 4.69. The van der Waals surface area contributed by atoms with Crippen molar-refractivity contribution in [1.29, 1.82) is 5.26 Å². The Morgan fingerprint density at radius 3 is 2.83 bits per heavy atom. The molecule has 5 heteroatoms. The molecule has 0 fully saturated rings. The van der Waals surface area contributed by atoms with Gasteiger partial charge in [-0.2, -0.15) is 5.26 Å². The first-order valence-electron chi connectivity index (χ1n) is 5.47. The molecule has 18 heavy (non-hydrogen) atoms. The number of aryl methyl sites for hydroxylation is 1. The third-order valence-electron chi connectivity index (χ3n) is 2.16. The Morgan fingerprint density at radius 2 is 2.22 bits per heavy atom. The maximum absolute atomic E-state index is 11.7. The van der Waals surface area contributed by atoms with Gasteiger partial charge in [0.25, 0.3) is 5.91 Å². The topological polar surface area (TPSA) is 79.2 Å². The number of esters is 1. The average molecular weight is 246 g/mol. The van der Waals surface area contributed by atoms with E-state index in [0.717, 1.165) is 5.56 Å². The third kappa shape index (κ3) is 4.26. The summed E-state index contributed by atoms with van der Waals surface area (Å²) in [5, 5.41) is 10.9. The van der Waals surface area contributed by atoms with E-state index in [1.165, 1.54) is 6.92 Å². The Bertz CT molecular complexity index is 491. The highest BCUT2D eigenvalue weighted by Crippen LogP contribution is 2.03. The van der Waals surface area contributed by atoms with Crippen molar-refractivity contribution in [3.8, 4) is 6.07 Å². The van der Waals surface area contributed by atoms with Gasteiger partial charge in [-0.1, -0.05) is 17.7 Å². The van der Waals surface area contributed by atoms with Crippen LogP contribution in [0.3, 0.4) is 0 Å². The normalized spacial score (nSPS) is 11.2. The number of nitriles is 1. The van der Waals surface area contributed by atoms with Gasteiger partial charge in [-0.05, 0) is 26.0 Å². The van der Waals surface area contributed by atoms with E-state index in [-0.39, 0.29) is 12.5 Å². The average Bonchev–Trinajstić information content (AvgIpc) is 2.35. The highest BCUT2D eigenvalue weighted by molar-refractivity contribution is 5.96. The lowest BCUT2D eigenvalue weighted by molar-refractivity contribution is -0.144. The lowest BCUT2D eigenvalue weighted by Crippen LogP contribution is -2.31. The first kappa shape index (κ1) is 13.7. The van der Waals surface area contributed by atoms with Crippen LogP contribution in [-0.2, 0) is 9.53 Å². The van der Waals surface area contributed by atoms with E-state index in [1.54, 1.807) is 24.3 Å². The van der Waals surface area contributed by atoms with E-state index in [2.05, 4.69) is 5.32 Å². The molecular formula is C13H14N2O3. The molecule has 0 aliphatic heterocycles. The van der Waals surface area contributed by atoms with Gasteiger partial charge in [0.15, 0.2) is 6.10 Å². The van der Waals surface area contributed by atoms with E-state index >= 15 is 0 Å². The number of amides is 1. The SMILES string of the molecule is Cc1cccc(C(=O)NCC(=O)O[C@@H](C)C#N)c1. The Balaban J connectivity index is 2.47. The molecule has 0 saturated heterocycles. The van der Waals surface area contributed by atoms with Crippen LogP contribution in [0, 0.1) is 18.3 Å². The second-order valence-electron chi connectivity index (χ2n) is 3.81. The molecule has 1 aromatic rings. The summed E-state index contributed by atoms with van der Waals surface area (Å²) in [5.74, 6) is -0.981. The van der Waals surface area contributed by atoms with Crippen molar-refractivity contribution in [3.63, 3.8) is 0 Å². The highest BCUT2D eigenvalue weighted by Gasteiger charge is 2.11. The first-order chi connectivity index (χ1) is 8.52. The molecule has 1 atom stereocenters. The fourth-order valence-corrected chi connectivity index (χ4v) is 1.31. The van der Waals surface area contributed by atoms with Crippen LogP contribution in [0.1, 0.15) is 22.8 Å². The number of nitrogens with one attached hydrogen (secondary N) is 1. The van der Waals surface area contributed by atoms with Crippen LogP contribution in [0.4, 0.5) is 0 Å². The van der Waals surface area contributed by atoms with E-state index in [9.17, 15) is 9.59 Å². The molecule has 1 aromatic carbocycles. The van der Waals surface area contributed by atoms with E-state index in [0.29, 0.717) is 5.56 Å². The molecule has 0 saturated carbocycles. The van der Waals surface area contributed by atoms with Crippen LogP contribution in [0.15, 0.2) is 24.3 Å². The molecule has 1 N–H and O–H groups in total. The third-order valence-corrected chi connectivity index (χ3v) is 2.16. The quantitative estimate of drug-likeness (QED) is 0.809. The molecule has 0 aliphatic rings. The fourth-order valence-electron chi connectivity index (χ4n) is 1.31. The van der Waals surface area contributed by atoms with E-state index < -0.39 is 12.1 Å². The monoisotopic (exact) mass is 246 g/mol. The fraction of sp³-hybridized carbons (Fsp3) is 0.308. The molecule has 0 heterocycles. The molecule has 1 amide bonds. The van der Waals surface area contributed by atoms with Gasteiger partial charge in [0, 0.05) is 5.56 Å². The summed E-state index contributed by atoms with van der Waals surface area (Å²) in [6.07, 6.45) is -0.812. The summed E-state index contributed by atoms with van der Waals surface area (Å²) in [7, 11) is 0. The molecule has 0 aromatic heterocycles. The lowest BCUT2D eigenvalue weighted by Gasteiger charge is -2.07. The summed E-state index contributed by atoms with van der Waals surface area (Å²) in [6, 6.07) is 8.78. The Labute approximate surface area is 105 Å². The predicted octanol–water partition coefficient (Wildman–Crippen LogP) is 1.18. The number of nitrogens with zero attached hydrogens (tertiary/aromatic N) is 1. The largest absolute Gasteiger partial charge is 0.446 e. The number of carbonyl (C=O) groups excluding carboxylic acids is 2. The van der Waals surface area contributed by atoms with Gasteiger partial charge >= 0.3 is 5.97 Å². The van der Waals surface area contributed by atoms with E-state index in [1.807, 2.05) is 13.0 Å². The summed E-state index contributed by atoms with van der Waals surface area (Å²) in [4.78, 5) is 22.9. The van der Waals surface area contributed by atoms with Crippen LogP contribution in [0.25, 0.3) is 0 Å². The zero-order chi connectivity index (χ0) is 13.5. The molecular weight excluding hydrogens is 232 g/mol. The summed E-state index contributed by atoms with van der Waals surface area (Å²) in [6.45, 7) is 3.08. The van der Waals surface area contributed by atoms with Crippen molar-refractivity contribution in [1.82, 2.24) is 5.32 Å². The number of hydrogen-bond acceptors (Lipinski definition) is 4.